The summed E-state index contributed by atoms with van der Waals surface area (Å²) in [6.07, 6.45) is 1.16. The standard InChI is InChI=1S/C21H25NO5S/c1-28(26,27)18-9-5-8-17(12-18)20(25)22-11-10-19(24)21(14-22,15-23)13-16-6-3-2-4-7-16/h2-9,12,19,23-24H,10-11,13-15H2,1H3/t19?,21-/m1/s1. The van der Waals surface area contributed by atoms with Crippen molar-refractivity contribution in [1.82, 2.24) is 4.90 Å². The molecule has 0 aliphatic carbocycles. The van der Waals surface area contributed by atoms with Crippen molar-refractivity contribution in [1.29, 1.82) is 0 Å². The van der Waals surface area contributed by atoms with Crippen molar-refractivity contribution in [3.05, 3.63) is 65.7 Å². The zero-order chi connectivity index (χ0) is 20.4. The normalized spacial score (nSPS) is 22.8. The molecule has 6 nitrogen and oxygen atoms in total. The molecule has 1 unspecified atom stereocenters. The summed E-state index contributed by atoms with van der Waals surface area (Å²) in [5.74, 6) is -0.303. The summed E-state index contributed by atoms with van der Waals surface area (Å²) in [6.45, 7) is 0.289. The molecule has 150 valence electrons. The van der Waals surface area contributed by atoms with Crippen LogP contribution in [0.5, 0.6) is 0 Å². The summed E-state index contributed by atoms with van der Waals surface area (Å²) < 4.78 is 23.6. The molecule has 2 atom stereocenters. The Labute approximate surface area is 165 Å². The Balaban J connectivity index is 1.86. The molecule has 0 spiro atoms. The summed E-state index contributed by atoms with van der Waals surface area (Å²) in [6, 6.07) is 15.5. The Morgan fingerprint density at radius 1 is 1.18 bits per heavy atom. The zero-order valence-corrected chi connectivity index (χ0v) is 16.6. The van der Waals surface area contributed by atoms with Crippen LogP contribution in [0.2, 0.25) is 0 Å². The van der Waals surface area contributed by atoms with Gasteiger partial charge in [-0.15, -0.1) is 0 Å². The lowest BCUT2D eigenvalue weighted by molar-refractivity contribution is -0.0668. The van der Waals surface area contributed by atoms with E-state index >= 15 is 0 Å². The van der Waals surface area contributed by atoms with Crippen molar-refractivity contribution in [2.24, 2.45) is 5.41 Å². The van der Waals surface area contributed by atoms with Crippen LogP contribution >= 0.6 is 0 Å². The van der Waals surface area contributed by atoms with Gasteiger partial charge in [0.1, 0.15) is 0 Å². The van der Waals surface area contributed by atoms with Crippen LogP contribution in [0.3, 0.4) is 0 Å². The van der Waals surface area contributed by atoms with Crippen molar-refractivity contribution in [3.8, 4) is 0 Å². The molecule has 0 saturated carbocycles. The zero-order valence-electron chi connectivity index (χ0n) is 15.8. The van der Waals surface area contributed by atoms with Crippen LogP contribution < -0.4 is 0 Å². The number of hydrogen-bond acceptors (Lipinski definition) is 5. The van der Waals surface area contributed by atoms with Gasteiger partial charge in [0.15, 0.2) is 9.84 Å². The molecule has 2 aromatic carbocycles. The molecule has 7 heteroatoms. The quantitative estimate of drug-likeness (QED) is 0.789. The smallest absolute Gasteiger partial charge is 0.253 e. The second kappa shape index (κ2) is 8.03. The highest BCUT2D eigenvalue weighted by molar-refractivity contribution is 7.90. The Morgan fingerprint density at radius 2 is 1.89 bits per heavy atom. The van der Waals surface area contributed by atoms with Crippen molar-refractivity contribution in [2.75, 3.05) is 26.0 Å². The summed E-state index contributed by atoms with van der Waals surface area (Å²) >= 11 is 0. The first-order valence-corrected chi connectivity index (χ1v) is 11.1. The van der Waals surface area contributed by atoms with Crippen LogP contribution in [0.1, 0.15) is 22.3 Å². The van der Waals surface area contributed by atoms with Gasteiger partial charge in [0.2, 0.25) is 0 Å². The van der Waals surface area contributed by atoms with E-state index in [0.29, 0.717) is 19.4 Å². The minimum absolute atomic E-state index is 0.0908. The molecule has 1 aliphatic heterocycles. The molecule has 2 N–H and O–H groups in total. The third kappa shape index (κ3) is 4.27. The molecule has 2 aromatic rings. The number of sulfone groups is 1. The van der Waals surface area contributed by atoms with E-state index in [0.717, 1.165) is 11.8 Å². The minimum atomic E-state index is -3.42. The monoisotopic (exact) mass is 403 g/mol. The maximum absolute atomic E-state index is 13.0. The number of aliphatic hydroxyl groups excluding tert-OH is 2. The largest absolute Gasteiger partial charge is 0.396 e. The summed E-state index contributed by atoms with van der Waals surface area (Å²) in [7, 11) is -3.42. The van der Waals surface area contributed by atoms with Gasteiger partial charge in [0.05, 0.1) is 17.6 Å². The molecule has 0 aromatic heterocycles. The second-order valence-electron chi connectivity index (χ2n) is 7.51. The topological polar surface area (TPSA) is 94.9 Å². The van der Waals surface area contributed by atoms with Gasteiger partial charge in [-0.3, -0.25) is 4.79 Å². The number of amides is 1. The number of likely N-dealkylation sites (tertiary alicyclic amines) is 1. The molecule has 0 radical (unpaired) electrons. The number of rotatable bonds is 5. The van der Waals surface area contributed by atoms with Crippen molar-refractivity contribution in [3.63, 3.8) is 0 Å². The van der Waals surface area contributed by atoms with Crippen LogP contribution in [0.15, 0.2) is 59.5 Å². The average molecular weight is 404 g/mol. The summed E-state index contributed by atoms with van der Waals surface area (Å²) in [4.78, 5) is 14.7. The lowest BCUT2D eigenvalue weighted by atomic mass is 9.73. The highest BCUT2D eigenvalue weighted by atomic mass is 32.2. The van der Waals surface area contributed by atoms with Gasteiger partial charge in [-0.2, -0.15) is 0 Å². The van der Waals surface area contributed by atoms with E-state index in [9.17, 15) is 23.4 Å². The maximum atomic E-state index is 13.0. The van der Waals surface area contributed by atoms with Crippen LogP contribution in [-0.2, 0) is 16.3 Å². The number of nitrogens with zero attached hydrogens (tertiary/aromatic N) is 1. The van der Waals surface area contributed by atoms with E-state index in [4.69, 9.17) is 0 Å². The van der Waals surface area contributed by atoms with Gasteiger partial charge < -0.3 is 15.1 Å². The molecular formula is C21H25NO5S. The Bertz CT molecular complexity index is 944. The lowest BCUT2D eigenvalue weighted by Gasteiger charge is -2.45. The van der Waals surface area contributed by atoms with Crippen molar-refractivity contribution < 1.29 is 23.4 Å². The van der Waals surface area contributed by atoms with E-state index in [1.54, 1.807) is 17.0 Å². The fraction of sp³-hybridized carbons (Fsp3) is 0.381. The molecule has 1 aliphatic rings. The molecular weight excluding hydrogens is 378 g/mol. The number of aliphatic hydroxyl groups is 2. The first-order chi connectivity index (χ1) is 13.2. The molecule has 1 amide bonds. The second-order valence-corrected chi connectivity index (χ2v) is 9.53. The first kappa shape index (κ1) is 20.5. The maximum Gasteiger partial charge on any atom is 0.253 e. The van der Waals surface area contributed by atoms with Crippen molar-refractivity contribution >= 4 is 15.7 Å². The highest BCUT2D eigenvalue weighted by Crippen LogP contribution is 2.34. The Kier molecular flexibility index (Phi) is 5.88. The van der Waals surface area contributed by atoms with Gasteiger partial charge in [-0.25, -0.2) is 8.42 Å². The predicted octanol–water partition coefficient (Wildman–Crippen LogP) is 1.52. The third-order valence-electron chi connectivity index (χ3n) is 5.40. The third-order valence-corrected chi connectivity index (χ3v) is 6.51. The van der Waals surface area contributed by atoms with E-state index in [-0.39, 0.29) is 29.5 Å². The van der Waals surface area contributed by atoms with Gasteiger partial charge in [0, 0.05) is 30.3 Å². The number of benzene rings is 2. The molecule has 0 bridgehead atoms. The Hall–Kier alpha value is -2.22. The van der Waals surface area contributed by atoms with Crippen LogP contribution in [-0.4, -0.2) is 61.5 Å². The number of carbonyl (C=O) groups excluding carboxylic acids is 1. The SMILES string of the molecule is CS(=O)(=O)c1cccc(C(=O)N2CCC(O)[C@](CO)(Cc3ccccc3)C2)c1. The molecule has 1 saturated heterocycles. The lowest BCUT2D eigenvalue weighted by Crippen LogP contribution is -2.56. The number of piperidine rings is 1. The van der Waals surface area contributed by atoms with Gasteiger partial charge in [-0.05, 0) is 36.6 Å². The average Bonchev–Trinajstić information content (AvgIpc) is 2.69. The van der Waals surface area contributed by atoms with E-state index in [1.807, 2.05) is 30.3 Å². The van der Waals surface area contributed by atoms with Crippen LogP contribution in [0.4, 0.5) is 0 Å². The van der Waals surface area contributed by atoms with E-state index < -0.39 is 21.4 Å². The minimum Gasteiger partial charge on any atom is -0.396 e. The van der Waals surface area contributed by atoms with Gasteiger partial charge in [-0.1, -0.05) is 36.4 Å². The number of hydrogen-bond donors (Lipinski definition) is 2. The van der Waals surface area contributed by atoms with E-state index in [2.05, 4.69) is 0 Å². The molecule has 3 rings (SSSR count). The van der Waals surface area contributed by atoms with Crippen LogP contribution in [0.25, 0.3) is 0 Å². The predicted molar refractivity (Wildman–Crippen MR) is 106 cm³/mol. The first-order valence-electron chi connectivity index (χ1n) is 9.17. The Morgan fingerprint density at radius 3 is 2.54 bits per heavy atom. The van der Waals surface area contributed by atoms with Gasteiger partial charge >= 0.3 is 0 Å². The van der Waals surface area contributed by atoms with Gasteiger partial charge in [0.25, 0.3) is 5.91 Å². The molecule has 1 heterocycles. The summed E-state index contributed by atoms with van der Waals surface area (Å²) in [5.41, 5.74) is 0.402. The van der Waals surface area contributed by atoms with Crippen molar-refractivity contribution in [2.45, 2.75) is 23.8 Å². The molecule has 28 heavy (non-hydrogen) atoms. The molecule has 1 fully saturated rings. The fourth-order valence-electron chi connectivity index (χ4n) is 3.75. The number of carbonyl (C=O) groups is 1. The van der Waals surface area contributed by atoms with E-state index in [1.165, 1.54) is 12.1 Å². The highest BCUT2D eigenvalue weighted by Gasteiger charge is 2.43. The fourth-order valence-corrected chi connectivity index (χ4v) is 4.42. The van der Waals surface area contributed by atoms with Crippen LogP contribution in [0, 0.1) is 5.41 Å². The summed E-state index contributed by atoms with van der Waals surface area (Å²) in [5, 5.41) is 20.7.